The number of nitrogens with one attached hydrogen (secondary N) is 2. The van der Waals surface area contributed by atoms with Crippen molar-refractivity contribution in [2.75, 3.05) is 5.32 Å². The molecule has 0 bridgehead atoms. The van der Waals surface area contributed by atoms with Crippen LogP contribution in [-0.2, 0) is 0 Å². The molecule has 0 spiro atoms. The molecular weight excluding hydrogens is 264 g/mol. The van der Waals surface area contributed by atoms with E-state index in [0.29, 0.717) is 28.5 Å². The zero-order valence-corrected chi connectivity index (χ0v) is 12.8. The second-order valence-corrected chi connectivity index (χ2v) is 7.30. The zero-order chi connectivity index (χ0) is 15.2. The first-order chi connectivity index (χ1) is 9.84. The van der Waals surface area contributed by atoms with Gasteiger partial charge in [-0.2, -0.15) is 0 Å². The topological polar surface area (TPSA) is 58.2 Å². The van der Waals surface area contributed by atoms with Gasteiger partial charge in [-0.3, -0.25) is 14.9 Å². The quantitative estimate of drug-likeness (QED) is 0.821. The summed E-state index contributed by atoms with van der Waals surface area (Å²) in [6, 6.07) is 5.84. The molecule has 0 saturated heterocycles. The lowest BCUT2D eigenvalue weighted by atomic mass is 9.70. The van der Waals surface area contributed by atoms with Crippen LogP contribution < -0.4 is 10.6 Å². The van der Waals surface area contributed by atoms with Gasteiger partial charge in [0.05, 0.1) is 11.1 Å². The molecule has 2 unspecified atom stereocenters. The standard InChI is InChI=1S/C17H22N2O2/c1-10-6-12(9-17(2,3)8-10)18-11-4-5-13-14(7-11)16(21)19-15(13)20/h4-5,7,10,12,18H,6,8-9H2,1-3H3,(H,19,20,21). The van der Waals surface area contributed by atoms with E-state index in [9.17, 15) is 9.59 Å². The highest BCUT2D eigenvalue weighted by Crippen LogP contribution is 2.39. The molecule has 21 heavy (non-hydrogen) atoms. The van der Waals surface area contributed by atoms with E-state index in [1.165, 1.54) is 6.42 Å². The van der Waals surface area contributed by atoms with Crippen molar-refractivity contribution in [3.8, 4) is 0 Å². The number of hydrogen-bond acceptors (Lipinski definition) is 3. The molecule has 112 valence electrons. The van der Waals surface area contributed by atoms with Crippen LogP contribution in [-0.4, -0.2) is 17.9 Å². The zero-order valence-electron chi connectivity index (χ0n) is 12.8. The Morgan fingerprint density at radius 3 is 2.57 bits per heavy atom. The van der Waals surface area contributed by atoms with Gasteiger partial charge in [0.15, 0.2) is 0 Å². The lowest BCUT2D eigenvalue weighted by Crippen LogP contribution is -2.35. The molecule has 1 aliphatic heterocycles. The van der Waals surface area contributed by atoms with Crippen LogP contribution in [0.1, 0.15) is 60.7 Å². The predicted octanol–water partition coefficient (Wildman–Crippen LogP) is 3.20. The number of amides is 2. The van der Waals surface area contributed by atoms with Crippen molar-refractivity contribution in [2.24, 2.45) is 11.3 Å². The molecule has 1 heterocycles. The Kier molecular flexibility index (Phi) is 3.27. The molecule has 3 rings (SSSR count). The summed E-state index contributed by atoms with van der Waals surface area (Å²) in [6.45, 7) is 6.92. The van der Waals surface area contributed by atoms with Crippen molar-refractivity contribution in [1.29, 1.82) is 0 Å². The van der Waals surface area contributed by atoms with E-state index in [4.69, 9.17) is 0 Å². The van der Waals surface area contributed by atoms with Gasteiger partial charge in [-0.15, -0.1) is 0 Å². The monoisotopic (exact) mass is 286 g/mol. The first-order valence-electron chi connectivity index (χ1n) is 7.60. The van der Waals surface area contributed by atoms with Gasteiger partial charge in [0.1, 0.15) is 0 Å². The van der Waals surface area contributed by atoms with Gasteiger partial charge in [0, 0.05) is 11.7 Å². The van der Waals surface area contributed by atoms with Gasteiger partial charge >= 0.3 is 0 Å². The van der Waals surface area contributed by atoms with Crippen LogP contribution >= 0.6 is 0 Å². The maximum atomic E-state index is 11.7. The number of imide groups is 1. The average molecular weight is 286 g/mol. The highest BCUT2D eigenvalue weighted by Gasteiger charge is 2.32. The Hall–Kier alpha value is -1.84. The van der Waals surface area contributed by atoms with Crippen LogP contribution in [0, 0.1) is 11.3 Å². The predicted molar refractivity (Wildman–Crippen MR) is 82.4 cm³/mol. The van der Waals surface area contributed by atoms with E-state index < -0.39 is 0 Å². The minimum absolute atomic E-state index is 0.295. The maximum Gasteiger partial charge on any atom is 0.259 e. The van der Waals surface area contributed by atoms with Crippen LogP contribution in [0.3, 0.4) is 0 Å². The summed E-state index contributed by atoms with van der Waals surface area (Å²) < 4.78 is 0. The molecular formula is C17H22N2O2. The fourth-order valence-electron chi connectivity index (χ4n) is 3.95. The minimum atomic E-state index is -0.297. The van der Waals surface area contributed by atoms with Crippen molar-refractivity contribution < 1.29 is 9.59 Å². The van der Waals surface area contributed by atoms with E-state index in [-0.39, 0.29) is 11.8 Å². The van der Waals surface area contributed by atoms with Crippen molar-refractivity contribution in [3.05, 3.63) is 29.3 Å². The summed E-state index contributed by atoms with van der Waals surface area (Å²) in [5.74, 6) is 0.107. The van der Waals surface area contributed by atoms with Crippen molar-refractivity contribution in [1.82, 2.24) is 5.32 Å². The SMILES string of the molecule is CC1CC(Nc2ccc3c(c2)C(=O)NC3=O)CC(C)(C)C1. The van der Waals surface area contributed by atoms with E-state index in [0.717, 1.165) is 18.5 Å². The average Bonchev–Trinajstić information content (AvgIpc) is 2.62. The first kappa shape index (κ1) is 14.1. The Morgan fingerprint density at radius 1 is 1.14 bits per heavy atom. The van der Waals surface area contributed by atoms with Crippen LogP contribution in [0.4, 0.5) is 5.69 Å². The highest BCUT2D eigenvalue weighted by molar-refractivity contribution is 6.21. The summed E-state index contributed by atoms with van der Waals surface area (Å²) in [5, 5.41) is 5.87. The van der Waals surface area contributed by atoms with Crippen molar-refractivity contribution >= 4 is 17.5 Å². The van der Waals surface area contributed by atoms with E-state index in [1.807, 2.05) is 6.07 Å². The fraction of sp³-hybridized carbons (Fsp3) is 0.529. The van der Waals surface area contributed by atoms with Gasteiger partial charge in [-0.1, -0.05) is 20.8 Å². The lowest BCUT2D eigenvalue weighted by Gasteiger charge is -2.39. The number of carbonyl (C=O) groups excluding carboxylic acids is 2. The Bertz CT molecular complexity index is 607. The van der Waals surface area contributed by atoms with Crippen LogP contribution in [0.5, 0.6) is 0 Å². The molecule has 2 N–H and O–H groups in total. The summed E-state index contributed by atoms with van der Waals surface area (Å²) in [6.07, 6.45) is 3.53. The molecule has 2 amide bonds. The molecule has 0 aromatic heterocycles. The van der Waals surface area contributed by atoms with Gasteiger partial charge in [-0.25, -0.2) is 0 Å². The summed E-state index contributed by atoms with van der Waals surface area (Å²) >= 11 is 0. The molecule has 0 radical (unpaired) electrons. The lowest BCUT2D eigenvalue weighted by molar-refractivity contribution is 0.0879. The van der Waals surface area contributed by atoms with Crippen LogP contribution in [0.15, 0.2) is 18.2 Å². The van der Waals surface area contributed by atoms with E-state index >= 15 is 0 Å². The Labute approximate surface area is 125 Å². The number of fused-ring (bicyclic) bond motifs is 1. The van der Waals surface area contributed by atoms with Gasteiger partial charge in [-0.05, 0) is 48.8 Å². The molecule has 1 aliphatic carbocycles. The molecule has 1 fully saturated rings. The second-order valence-electron chi connectivity index (χ2n) is 7.30. The maximum absolute atomic E-state index is 11.7. The summed E-state index contributed by atoms with van der Waals surface area (Å²) in [5.41, 5.74) is 2.23. The third-order valence-electron chi connectivity index (χ3n) is 4.49. The number of hydrogen-bond donors (Lipinski definition) is 2. The second kappa shape index (κ2) is 4.86. The van der Waals surface area contributed by atoms with Crippen LogP contribution in [0.25, 0.3) is 0 Å². The molecule has 4 nitrogen and oxygen atoms in total. The molecule has 1 aromatic rings. The fourth-order valence-corrected chi connectivity index (χ4v) is 3.95. The summed E-state index contributed by atoms with van der Waals surface area (Å²) in [4.78, 5) is 23.3. The smallest absolute Gasteiger partial charge is 0.259 e. The number of rotatable bonds is 2. The minimum Gasteiger partial charge on any atom is -0.382 e. The van der Waals surface area contributed by atoms with Gasteiger partial charge < -0.3 is 5.32 Å². The Balaban J connectivity index is 1.78. The van der Waals surface area contributed by atoms with Gasteiger partial charge in [0.25, 0.3) is 11.8 Å². The Morgan fingerprint density at radius 2 is 1.86 bits per heavy atom. The van der Waals surface area contributed by atoms with E-state index in [2.05, 4.69) is 31.4 Å². The van der Waals surface area contributed by atoms with Crippen LogP contribution in [0.2, 0.25) is 0 Å². The molecule has 1 aromatic carbocycles. The highest BCUT2D eigenvalue weighted by atomic mass is 16.2. The third kappa shape index (κ3) is 2.80. The normalized spacial score (nSPS) is 27.2. The van der Waals surface area contributed by atoms with Crippen molar-refractivity contribution in [3.63, 3.8) is 0 Å². The molecule has 2 aliphatic rings. The van der Waals surface area contributed by atoms with Gasteiger partial charge in [0.2, 0.25) is 0 Å². The molecule has 4 heteroatoms. The number of benzene rings is 1. The number of anilines is 1. The van der Waals surface area contributed by atoms with Crippen molar-refractivity contribution in [2.45, 2.75) is 46.1 Å². The summed E-state index contributed by atoms with van der Waals surface area (Å²) in [7, 11) is 0. The number of carbonyl (C=O) groups is 2. The van der Waals surface area contributed by atoms with E-state index in [1.54, 1.807) is 12.1 Å². The largest absolute Gasteiger partial charge is 0.382 e. The molecule has 1 saturated carbocycles. The third-order valence-corrected chi connectivity index (χ3v) is 4.49. The first-order valence-corrected chi connectivity index (χ1v) is 7.60. The molecule has 2 atom stereocenters.